The van der Waals surface area contributed by atoms with Crippen LogP contribution in [0, 0.1) is 13.8 Å². The fourth-order valence-corrected chi connectivity index (χ4v) is 5.43. The number of fused-ring (bicyclic) bond motifs is 1. The Bertz CT molecular complexity index is 1330. The van der Waals surface area contributed by atoms with Crippen molar-refractivity contribution in [3.8, 4) is 5.75 Å². The van der Waals surface area contributed by atoms with Crippen molar-refractivity contribution >= 4 is 44.7 Å². The molecule has 2 aromatic carbocycles. The highest BCUT2D eigenvalue weighted by Crippen LogP contribution is 2.36. The Hall–Kier alpha value is -3.65. The molecule has 0 radical (unpaired) electrons. The van der Waals surface area contributed by atoms with E-state index in [1.807, 2.05) is 50.2 Å². The van der Waals surface area contributed by atoms with Crippen LogP contribution in [0.5, 0.6) is 5.75 Å². The minimum Gasteiger partial charge on any atom is -0.497 e. The number of thiophene rings is 1. The Kier molecular flexibility index (Phi) is 6.06. The zero-order valence-electron chi connectivity index (χ0n) is 19.5. The quantitative estimate of drug-likeness (QED) is 0.445. The van der Waals surface area contributed by atoms with Crippen LogP contribution in [0.4, 0.5) is 17.2 Å². The number of benzene rings is 2. The summed E-state index contributed by atoms with van der Waals surface area (Å²) < 4.78 is 5.27. The third kappa shape index (κ3) is 4.28. The molecule has 0 unspecified atom stereocenters. The number of aromatic nitrogens is 2. The van der Waals surface area contributed by atoms with Gasteiger partial charge in [0, 0.05) is 37.6 Å². The number of rotatable bonds is 5. The lowest BCUT2D eigenvalue weighted by Gasteiger charge is -2.37. The Morgan fingerprint density at radius 3 is 2.44 bits per heavy atom. The molecule has 5 rings (SSSR count). The molecule has 3 heterocycles. The maximum Gasteiger partial charge on any atom is 0.266 e. The van der Waals surface area contributed by atoms with E-state index >= 15 is 0 Å². The highest BCUT2D eigenvalue weighted by atomic mass is 32.1. The molecule has 34 heavy (non-hydrogen) atoms. The van der Waals surface area contributed by atoms with Crippen LogP contribution in [-0.4, -0.2) is 49.2 Å². The van der Waals surface area contributed by atoms with Crippen LogP contribution in [0.15, 0.2) is 54.9 Å². The molecule has 1 aliphatic heterocycles. The molecule has 0 aliphatic carbocycles. The van der Waals surface area contributed by atoms with Crippen molar-refractivity contribution in [3.05, 3.63) is 70.9 Å². The lowest BCUT2D eigenvalue weighted by Crippen LogP contribution is -2.46. The monoisotopic (exact) mass is 473 g/mol. The lowest BCUT2D eigenvalue weighted by atomic mass is 10.1. The average molecular weight is 474 g/mol. The fourth-order valence-electron chi connectivity index (χ4n) is 4.39. The number of aryl methyl sites for hydroxylation is 2. The van der Waals surface area contributed by atoms with Gasteiger partial charge in [-0.3, -0.25) is 4.79 Å². The van der Waals surface area contributed by atoms with Gasteiger partial charge < -0.3 is 19.9 Å². The topological polar surface area (TPSA) is 70.6 Å². The molecule has 7 nitrogen and oxygen atoms in total. The number of carbonyl (C=O) groups is 1. The van der Waals surface area contributed by atoms with Gasteiger partial charge in [-0.25, -0.2) is 9.97 Å². The maximum absolute atomic E-state index is 13.1. The number of carbonyl (C=O) groups excluding carboxylic acids is 1. The molecule has 174 valence electrons. The van der Waals surface area contributed by atoms with Crippen LogP contribution in [-0.2, 0) is 0 Å². The first-order valence-corrected chi connectivity index (χ1v) is 12.1. The SMILES string of the molecule is COc1ccc(N2CCN(c3ncnc4sc(C(=O)Nc5cccc(C)c5)c(C)c34)CC2)cc1. The van der Waals surface area contributed by atoms with Gasteiger partial charge in [-0.2, -0.15) is 0 Å². The third-order valence-corrected chi connectivity index (χ3v) is 7.40. The number of hydrogen-bond donors (Lipinski definition) is 1. The molecule has 4 aromatic rings. The summed E-state index contributed by atoms with van der Waals surface area (Å²) in [6.07, 6.45) is 1.60. The van der Waals surface area contributed by atoms with E-state index in [1.54, 1.807) is 13.4 Å². The van der Waals surface area contributed by atoms with Crippen molar-refractivity contribution in [2.45, 2.75) is 13.8 Å². The van der Waals surface area contributed by atoms with Gasteiger partial charge in [0.2, 0.25) is 0 Å². The van der Waals surface area contributed by atoms with Crippen LogP contribution < -0.4 is 19.9 Å². The summed E-state index contributed by atoms with van der Waals surface area (Å²) in [7, 11) is 1.68. The first-order valence-electron chi connectivity index (χ1n) is 11.3. The maximum atomic E-state index is 13.1. The van der Waals surface area contributed by atoms with Crippen LogP contribution in [0.25, 0.3) is 10.2 Å². The Balaban J connectivity index is 1.36. The van der Waals surface area contributed by atoms with E-state index in [9.17, 15) is 4.79 Å². The second-order valence-corrected chi connectivity index (χ2v) is 9.43. The van der Waals surface area contributed by atoms with Gasteiger partial charge in [-0.15, -0.1) is 11.3 Å². The van der Waals surface area contributed by atoms with E-state index in [0.717, 1.165) is 64.8 Å². The molecule has 1 saturated heterocycles. The van der Waals surface area contributed by atoms with Crippen molar-refractivity contribution in [1.29, 1.82) is 0 Å². The average Bonchev–Trinajstić information content (AvgIpc) is 3.21. The highest BCUT2D eigenvalue weighted by molar-refractivity contribution is 7.20. The molecular weight excluding hydrogens is 446 g/mol. The van der Waals surface area contributed by atoms with Crippen LogP contribution in [0.3, 0.4) is 0 Å². The first-order chi connectivity index (χ1) is 16.5. The molecule has 0 atom stereocenters. The van der Waals surface area contributed by atoms with Crippen molar-refractivity contribution in [1.82, 2.24) is 9.97 Å². The molecule has 2 aromatic heterocycles. The number of hydrogen-bond acceptors (Lipinski definition) is 7. The van der Waals surface area contributed by atoms with Gasteiger partial charge in [0.15, 0.2) is 0 Å². The van der Waals surface area contributed by atoms with E-state index in [-0.39, 0.29) is 5.91 Å². The number of nitrogens with zero attached hydrogens (tertiary/aromatic N) is 4. The van der Waals surface area contributed by atoms with Gasteiger partial charge in [0.25, 0.3) is 5.91 Å². The van der Waals surface area contributed by atoms with E-state index in [4.69, 9.17) is 4.74 Å². The van der Waals surface area contributed by atoms with Gasteiger partial charge in [-0.05, 0) is 61.4 Å². The van der Waals surface area contributed by atoms with Gasteiger partial charge >= 0.3 is 0 Å². The summed E-state index contributed by atoms with van der Waals surface area (Å²) in [6, 6.07) is 16.0. The molecule has 8 heteroatoms. The number of methoxy groups -OCH3 is 1. The minimum absolute atomic E-state index is 0.110. The summed E-state index contributed by atoms with van der Waals surface area (Å²) >= 11 is 1.42. The molecule has 1 N–H and O–H groups in total. The van der Waals surface area contributed by atoms with Crippen molar-refractivity contribution in [2.24, 2.45) is 0 Å². The summed E-state index contributed by atoms with van der Waals surface area (Å²) in [5, 5.41) is 4.00. The molecule has 0 saturated carbocycles. The second-order valence-electron chi connectivity index (χ2n) is 8.43. The fraction of sp³-hybridized carbons (Fsp3) is 0.269. The smallest absolute Gasteiger partial charge is 0.266 e. The van der Waals surface area contributed by atoms with E-state index < -0.39 is 0 Å². The summed E-state index contributed by atoms with van der Waals surface area (Å²) in [6.45, 7) is 7.47. The van der Waals surface area contributed by atoms with Crippen LogP contribution in [0.1, 0.15) is 20.8 Å². The zero-order valence-corrected chi connectivity index (χ0v) is 20.4. The Morgan fingerprint density at radius 1 is 1.00 bits per heavy atom. The molecule has 1 amide bonds. The van der Waals surface area contributed by atoms with Crippen molar-refractivity contribution in [3.63, 3.8) is 0 Å². The van der Waals surface area contributed by atoms with E-state index in [0.29, 0.717) is 4.88 Å². The van der Waals surface area contributed by atoms with Crippen molar-refractivity contribution < 1.29 is 9.53 Å². The van der Waals surface area contributed by atoms with Crippen LogP contribution in [0.2, 0.25) is 0 Å². The van der Waals surface area contributed by atoms with Crippen LogP contribution >= 0.6 is 11.3 Å². The number of piperazine rings is 1. The van der Waals surface area contributed by atoms with Gasteiger partial charge in [0.05, 0.1) is 17.4 Å². The summed E-state index contributed by atoms with van der Waals surface area (Å²) in [5.74, 6) is 1.66. The Labute approximate surface area is 203 Å². The second kappa shape index (κ2) is 9.30. The predicted molar refractivity (Wildman–Crippen MR) is 139 cm³/mol. The summed E-state index contributed by atoms with van der Waals surface area (Å²) in [4.78, 5) is 28.4. The zero-order chi connectivity index (χ0) is 23.7. The number of amides is 1. The number of nitrogens with one attached hydrogen (secondary N) is 1. The molecular formula is C26H27N5O2S. The minimum atomic E-state index is -0.110. The van der Waals surface area contributed by atoms with Crippen molar-refractivity contribution in [2.75, 3.05) is 48.4 Å². The first kappa shape index (κ1) is 22.2. The normalized spacial score (nSPS) is 13.9. The standard InChI is InChI=1S/C26H27N5O2S/c1-17-5-4-6-19(15-17)29-25(32)23-18(2)22-24(27-16-28-26(22)34-23)31-13-11-30(12-14-31)20-7-9-21(33-3)10-8-20/h4-10,15-16H,11-14H2,1-3H3,(H,29,32). The molecule has 1 aliphatic rings. The third-order valence-electron chi connectivity index (χ3n) is 6.21. The lowest BCUT2D eigenvalue weighted by molar-refractivity contribution is 0.103. The number of anilines is 3. The van der Waals surface area contributed by atoms with E-state index in [1.165, 1.54) is 17.0 Å². The van der Waals surface area contributed by atoms with E-state index in [2.05, 4.69) is 37.2 Å². The highest BCUT2D eigenvalue weighted by Gasteiger charge is 2.24. The largest absolute Gasteiger partial charge is 0.497 e. The summed E-state index contributed by atoms with van der Waals surface area (Å²) in [5.41, 5.74) is 4.02. The van der Waals surface area contributed by atoms with Gasteiger partial charge in [-0.1, -0.05) is 12.1 Å². The Morgan fingerprint density at radius 2 is 1.74 bits per heavy atom. The molecule has 0 bridgehead atoms. The van der Waals surface area contributed by atoms with Gasteiger partial charge in [0.1, 0.15) is 22.7 Å². The number of ether oxygens (including phenoxy) is 1. The predicted octanol–water partition coefficient (Wildman–Crippen LogP) is 4.90. The molecule has 0 spiro atoms. The molecule has 1 fully saturated rings.